The van der Waals surface area contributed by atoms with Crippen molar-refractivity contribution < 1.29 is 4.79 Å². The van der Waals surface area contributed by atoms with E-state index in [2.05, 4.69) is 51.3 Å². The minimum Gasteiger partial charge on any atom is -0.348 e. The first-order chi connectivity index (χ1) is 13.2. The molecule has 2 heterocycles. The van der Waals surface area contributed by atoms with Crippen LogP contribution in [0.25, 0.3) is 6.08 Å². The summed E-state index contributed by atoms with van der Waals surface area (Å²) in [6.45, 7) is 9.49. The maximum atomic E-state index is 11.9. The number of rotatable bonds is 7. The van der Waals surface area contributed by atoms with Crippen LogP contribution < -0.4 is 5.32 Å². The van der Waals surface area contributed by atoms with Gasteiger partial charge in [-0.05, 0) is 35.4 Å². The maximum Gasteiger partial charge on any atom is 0.244 e. The van der Waals surface area contributed by atoms with Crippen LogP contribution in [0.4, 0.5) is 0 Å². The van der Waals surface area contributed by atoms with Crippen LogP contribution in [-0.2, 0) is 17.9 Å². The maximum absolute atomic E-state index is 11.9. The molecule has 0 radical (unpaired) electrons. The lowest BCUT2D eigenvalue weighted by Crippen LogP contribution is -2.45. The number of nitrogens with zero attached hydrogens (tertiary/aromatic N) is 3. The number of carbonyl (C=O) groups is 1. The topological polar surface area (TPSA) is 48.5 Å². The first-order valence-electron chi connectivity index (χ1n) is 9.61. The predicted molar refractivity (Wildman–Crippen MR) is 109 cm³/mol. The standard InChI is InChI=1S/C22H28N4O/c1-2-25-12-14-26(15-13-25)18-21-7-5-20(6-8-21)17-24-22(27)10-9-19-4-3-11-23-16-19/h3-11,16H,2,12-15,17-18H2,1H3,(H,24,27)/b10-9+. The molecule has 5 heteroatoms. The third-order valence-electron chi connectivity index (χ3n) is 4.92. The van der Waals surface area contributed by atoms with E-state index in [1.165, 1.54) is 5.56 Å². The summed E-state index contributed by atoms with van der Waals surface area (Å²) in [6.07, 6.45) is 6.75. The van der Waals surface area contributed by atoms with E-state index in [0.717, 1.165) is 50.4 Å². The first-order valence-corrected chi connectivity index (χ1v) is 9.61. The van der Waals surface area contributed by atoms with E-state index in [-0.39, 0.29) is 5.91 Å². The number of likely N-dealkylation sites (N-methyl/N-ethyl adjacent to an activating group) is 1. The molecule has 1 fully saturated rings. The highest BCUT2D eigenvalue weighted by atomic mass is 16.1. The molecule has 1 aromatic carbocycles. The molecule has 0 spiro atoms. The summed E-state index contributed by atoms with van der Waals surface area (Å²) < 4.78 is 0. The van der Waals surface area contributed by atoms with Crippen molar-refractivity contribution in [3.05, 3.63) is 71.6 Å². The molecule has 1 aliphatic rings. The Hall–Kier alpha value is -2.50. The van der Waals surface area contributed by atoms with E-state index in [4.69, 9.17) is 0 Å². The van der Waals surface area contributed by atoms with E-state index in [1.807, 2.05) is 12.1 Å². The van der Waals surface area contributed by atoms with Crippen molar-refractivity contribution in [1.82, 2.24) is 20.1 Å². The first kappa shape index (κ1) is 19.3. The molecule has 0 bridgehead atoms. The zero-order valence-electron chi connectivity index (χ0n) is 16.0. The predicted octanol–water partition coefficient (Wildman–Crippen LogP) is 2.55. The van der Waals surface area contributed by atoms with Crippen molar-refractivity contribution in [2.24, 2.45) is 0 Å². The Morgan fingerprint density at radius 3 is 2.44 bits per heavy atom. The Morgan fingerprint density at radius 2 is 1.78 bits per heavy atom. The van der Waals surface area contributed by atoms with E-state index in [0.29, 0.717) is 6.54 Å². The van der Waals surface area contributed by atoms with Crippen molar-refractivity contribution in [2.75, 3.05) is 32.7 Å². The smallest absolute Gasteiger partial charge is 0.244 e. The zero-order chi connectivity index (χ0) is 18.9. The third kappa shape index (κ3) is 6.31. The number of pyridine rings is 1. The lowest BCUT2D eigenvalue weighted by molar-refractivity contribution is -0.116. The molecule has 142 valence electrons. The number of benzene rings is 1. The molecule has 0 saturated carbocycles. The van der Waals surface area contributed by atoms with Gasteiger partial charge in [-0.1, -0.05) is 37.3 Å². The Balaban J connectivity index is 1.42. The molecule has 1 aromatic heterocycles. The van der Waals surface area contributed by atoms with Crippen molar-refractivity contribution in [3.8, 4) is 0 Å². The van der Waals surface area contributed by atoms with Gasteiger partial charge in [0.15, 0.2) is 0 Å². The molecule has 0 atom stereocenters. The Morgan fingerprint density at radius 1 is 1.07 bits per heavy atom. The van der Waals surface area contributed by atoms with Gasteiger partial charge in [-0.3, -0.25) is 14.7 Å². The Labute approximate surface area is 161 Å². The Bertz CT molecular complexity index is 735. The number of hydrogen-bond acceptors (Lipinski definition) is 4. The second-order valence-electron chi connectivity index (χ2n) is 6.86. The van der Waals surface area contributed by atoms with Gasteiger partial charge in [0.1, 0.15) is 0 Å². The molecular weight excluding hydrogens is 336 g/mol. The number of carbonyl (C=O) groups excluding carboxylic acids is 1. The van der Waals surface area contributed by atoms with Gasteiger partial charge in [-0.2, -0.15) is 0 Å². The monoisotopic (exact) mass is 364 g/mol. The zero-order valence-corrected chi connectivity index (χ0v) is 16.0. The van der Waals surface area contributed by atoms with Crippen LogP contribution in [0.1, 0.15) is 23.6 Å². The third-order valence-corrected chi connectivity index (χ3v) is 4.92. The van der Waals surface area contributed by atoms with Crippen LogP contribution in [0.15, 0.2) is 54.9 Å². The molecule has 3 rings (SSSR count). The van der Waals surface area contributed by atoms with Crippen LogP contribution in [0.3, 0.4) is 0 Å². The fourth-order valence-corrected chi connectivity index (χ4v) is 3.18. The highest BCUT2D eigenvalue weighted by Crippen LogP contribution is 2.10. The van der Waals surface area contributed by atoms with Gasteiger partial charge in [0.2, 0.25) is 5.91 Å². The highest BCUT2D eigenvalue weighted by Gasteiger charge is 2.15. The average Bonchev–Trinajstić information content (AvgIpc) is 2.73. The fraction of sp³-hybridized carbons (Fsp3) is 0.364. The molecule has 2 aromatic rings. The van der Waals surface area contributed by atoms with Gasteiger partial charge in [0.25, 0.3) is 0 Å². The number of amides is 1. The van der Waals surface area contributed by atoms with Gasteiger partial charge in [0.05, 0.1) is 0 Å². The molecule has 1 aliphatic heterocycles. The summed E-state index contributed by atoms with van der Waals surface area (Å²) in [5, 5.41) is 2.92. The summed E-state index contributed by atoms with van der Waals surface area (Å²) in [5.74, 6) is -0.100. The lowest BCUT2D eigenvalue weighted by Gasteiger charge is -2.34. The van der Waals surface area contributed by atoms with Crippen LogP contribution in [0.5, 0.6) is 0 Å². The van der Waals surface area contributed by atoms with E-state index >= 15 is 0 Å². The van der Waals surface area contributed by atoms with Crippen molar-refractivity contribution in [3.63, 3.8) is 0 Å². The average molecular weight is 364 g/mol. The van der Waals surface area contributed by atoms with Gasteiger partial charge in [0, 0.05) is 57.7 Å². The number of hydrogen-bond donors (Lipinski definition) is 1. The highest BCUT2D eigenvalue weighted by molar-refractivity contribution is 5.91. The van der Waals surface area contributed by atoms with E-state index in [1.54, 1.807) is 24.5 Å². The van der Waals surface area contributed by atoms with Crippen LogP contribution in [0.2, 0.25) is 0 Å². The van der Waals surface area contributed by atoms with Crippen LogP contribution in [-0.4, -0.2) is 53.4 Å². The molecule has 1 N–H and O–H groups in total. The molecular formula is C22H28N4O. The summed E-state index contributed by atoms with van der Waals surface area (Å²) in [5.41, 5.74) is 3.35. The molecule has 27 heavy (non-hydrogen) atoms. The minimum absolute atomic E-state index is 0.100. The molecule has 1 amide bonds. The molecule has 0 unspecified atom stereocenters. The summed E-state index contributed by atoms with van der Waals surface area (Å²) >= 11 is 0. The molecule has 1 saturated heterocycles. The van der Waals surface area contributed by atoms with Crippen LogP contribution >= 0.6 is 0 Å². The molecule has 0 aliphatic carbocycles. The summed E-state index contributed by atoms with van der Waals surface area (Å²) in [4.78, 5) is 21.0. The number of nitrogens with one attached hydrogen (secondary N) is 1. The van der Waals surface area contributed by atoms with Crippen LogP contribution in [0, 0.1) is 0 Å². The van der Waals surface area contributed by atoms with E-state index < -0.39 is 0 Å². The second kappa shape index (κ2) is 10.00. The quantitative estimate of drug-likeness (QED) is 0.767. The lowest BCUT2D eigenvalue weighted by atomic mass is 10.1. The van der Waals surface area contributed by atoms with Crippen molar-refractivity contribution >= 4 is 12.0 Å². The van der Waals surface area contributed by atoms with Gasteiger partial charge < -0.3 is 10.2 Å². The summed E-state index contributed by atoms with van der Waals surface area (Å²) in [6, 6.07) is 12.3. The van der Waals surface area contributed by atoms with Gasteiger partial charge >= 0.3 is 0 Å². The SMILES string of the molecule is CCN1CCN(Cc2ccc(CNC(=O)/C=C/c3cccnc3)cc2)CC1. The van der Waals surface area contributed by atoms with Crippen molar-refractivity contribution in [2.45, 2.75) is 20.0 Å². The van der Waals surface area contributed by atoms with Gasteiger partial charge in [-0.15, -0.1) is 0 Å². The van der Waals surface area contributed by atoms with Crippen molar-refractivity contribution in [1.29, 1.82) is 0 Å². The summed E-state index contributed by atoms with van der Waals surface area (Å²) in [7, 11) is 0. The normalized spacial score (nSPS) is 15.9. The van der Waals surface area contributed by atoms with Gasteiger partial charge in [-0.25, -0.2) is 0 Å². The number of aromatic nitrogens is 1. The fourth-order valence-electron chi connectivity index (χ4n) is 3.18. The molecule has 5 nitrogen and oxygen atoms in total. The number of piperazine rings is 1. The van der Waals surface area contributed by atoms with E-state index in [9.17, 15) is 4.79 Å². The second-order valence-corrected chi connectivity index (χ2v) is 6.86. The largest absolute Gasteiger partial charge is 0.348 e. The minimum atomic E-state index is -0.100. The Kier molecular flexibility index (Phi) is 7.13.